The Labute approximate surface area is 118 Å². The fourth-order valence-corrected chi connectivity index (χ4v) is 1.34. The van der Waals surface area contributed by atoms with E-state index in [-0.39, 0.29) is 17.9 Å². The maximum Gasteiger partial charge on any atom is 0.323 e. The van der Waals surface area contributed by atoms with Crippen molar-refractivity contribution < 1.29 is 9.53 Å². The highest BCUT2D eigenvalue weighted by Gasteiger charge is 2.06. The summed E-state index contributed by atoms with van der Waals surface area (Å²) in [6.45, 7) is 7.44. The molecule has 0 fully saturated rings. The van der Waals surface area contributed by atoms with Gasteiger partial charge in [0.2, 0.25) is 17.8 Å². The van der Waals surface area contributed by atoms with Crippen LogP contribution in [0.3, 0.4) is 0 Å². The molecule has 1 heterocycles. The number of aromatic nitrogens is 3. The Morgan fingerprint density at radius 2 is 2.10 bits per heavy atom. The van der Waals surface area contributed by atoms with Crippen molar-refractivity contribution in [1.29, 1.82) is 0 Å². The Morgan fingerprint density at radius 3 is 2.75 bits per heavy atom. The lowest BCUT2D eigenvalue weighted by Crippen LogP contribution is -2.28. The van der Waals surface area contributed by atoms with Gasteiger partial charge >= 0.3 is 6.01 Å². The molecule has 1 aromatic rings. The number of rotatable bonds is 8. The molecule has 1 amide bonds. The number of amides is 1. The molecule has 0 aromatic carbocycles. The summed E-state index contributed by atoms with van der Waals surface area (Å²) in [6.07, 6.45) is 0.336. The van der Waals surface area contributed by atoms with E-state index >= 15 is 0 Å². The fraction of sp³-hybridized carbons (Fsp3) is 0.667. The fourth-order valence-electron chi connectivity index (χ4n) is 1.34. The molecule has 0 aliphatic carbocycles. The van der Waals surface area contributed by atoms with Gasteiger partial charge in [-0.2, -0.15) is 15.0 Å². The van der Waals surface area contributed by atoms with Crippen molar-refractivity contribution in [2.75, 3.05) is 30.7 Å². The number of hydrogen-bond donors (Lipinski definition) is 3. The molecule has 20 heavy (non-hydrogen) atoms. The number of nitrogens with zero attached hydrogens (tertiary/aromatic N) is 3. The van der Waals surface area contributed by atoms with Crippen molar-refractivity contribution in [3.63, 3.8) is 0 Å². The quantitative estimate of drug-likeness (QED) is 0.633. The molecule has 0 atom stereocenters. The molecule has 0 radical (unpaired) electrons. The summed E-state index contributed by atoms with van der Waals surface area (Å²) in [5.41, 5.74) is 5.54. The van der Waals surface area contributed by atoms with Crippen LogP contribution in [0.15, 0.2) is 0 Å². The van der Waals surface area contributed by atoms with Gasteiger partial charge in [0.05, 0.1) is 6.61 Å². The van der Waals surface area contributed by atoms with Gasteiger partial charge in [0.25, 0.3) is 0 Å². The molecular weight excluding hydrogens is 260 g/mol. The van der Waals surface area contributed by atoms with E-state index in [0.29, 0.717) is 38.0 Å². The molecule has 0 aliphatic heterocycles. The van der Waals surface area contributed by atoms with Gasteiger partial charge in [-0.05, 0) is 12.8 Å². The second-order valence-corrected chi connectivity index (χ2v) is 4.61. The van der Waals surface area contributed by atoms with E-state index in [4.69, 9.17) is 10.5 Å². The first-order valence-electron chi connectivity index (χ1n) is 6.66. The minimum Gasteiger partial charge on any atom is -0.464 e. The molecule has 0 saturated heterocycles. The maximum absolute atomic E-state index is 11.5. The Balaban J connectivity index is 2.39. The predicted molar refractivity (Wildman–Crippen MR) is 76.4 cm³/mol. The number of nitrogen functional groups attached to an aromatic ring is 1. The molecule has 1 rings (SSSR count). The maximum atomic E-state index is 11.5. The van der Waals surface area contributed by atoms with Crippen molar-refractivity contribution in [2.45, 2.75) is 27.2 Å². The van der Waals surface area contributed by atoms with Crippen molar-refractivity contribution in [2.24, 2.45) is 5.92 Å². The van der Waals surface area contributed by atoms with Gasteiger partial charge in [-0.25, -0.2) is 0 Å². The standard InChI is InChI=1S/C12H22N6O2/c1-4-20-12-17-10(13)16-11(18-12)14-6-5-9(19)15-7-8(2)3/h8H,4-7H2,1-3H3,(H,15,19)(H3,13,14,16,17,18). The van der Waals surface area contributed by atoms with Crippen LogP contribution in [0, 0.1) is 5.92 Å². The lowest BCUT2D eigenvalue weighted by Gasteiger charge is -2.09. The van der Waals surface area contributed by atoms with Crippen LogP contribution in [-0.2, 0) is 4.79 Å². The van der Waals surface area contributed by atoms with Gasteiger partial charge in [0.15, 0.2) is 0 Å². The average Bonchev–Trinajstić information content (AvgIpc) is 2.36. The van der Waals surface area contributed by atoms with Crippen LogP contribution in [0.4, 0.5) is 11.9 Å². The third-order valence-electron chi connectivity index (χ3n) is 2.25. The summed E-state index contributed by atoms with van der Waals surface area (Å²) in [5.74, 6) is 0.801. The first-order valence-corrected chi connectivity index (χ1v) is 6.66. The molecule has 0 spiro atoms. The van der Waals surface area contributed by atoms with E-state index in [1.165, 1.54) is 0 Å². The van der Waals surface area contributed by atoms with Gasteiger partial charge < -0.3 is 21.1 Å². The summed E-state index contributed by atoms with van der Waals surface area (Å²) in [5, 5.41) is 5.75. The van der Waals surface area contributed by atoms with Crippen LogP contribution in [0.25, 0.3) is 0 Å². The molecule has 0 aliphatic rings. The number of carbonyl (C=O) groups excluding carboxylic acids is 1. The van der Waals surface area contributed by atoms with Crippen molar-refractivity contribution >= 4 is 17.8 Å². The minimum atomic E-state index is -0.0155. The van der Waals surface area contributed by atoms with E-state index in [2.05, 4.69) is 25.6 Å². The number of nitrogens with two attached hydrogens (primary N) is 1. The SMILES string of the molecule is CCOc1nc(N)nc(NCCC(=O)NCC(C)C)n1. The Hall–Kier alpha value is -2.12. The van der Waals surface area contributed by atoms with Crippen LogP contribution < -0.4 is 21.1 Å². The van der Waals surface area contributed by atoms with Crippen LogP contribution in [-0.4, -0.2) is 40.6 Å². The first kappa shape index (κ1) is 15.9. The molecule has 1 aromatic heterocycles. The van der Waals surface area contributed by atoms with E-state index in [0.717, 1.165) is 0 Å². The highest BCUT2D eigenvalue weighted by molar-refractivity contribution is 5.76. The Morgan fingerprint density at radius 1 is 1.35 bits per heavy atom. The number of nitrogens with one attached hydrogen (secondary N) is 2. The molecule has 0 bridgehead atoms. The summed E-state index contributed by atoms with van der Waals surface area (Å²) >= 11 is 0. The molecule has 8 nitrogen and oxygen atoms in total. The van der Waals surface area contributed by atoms with Crippen molar-refractivity contribution in [3.8, 4) is 6.01 Å². The zero-order valence-corrected chi connectivity index (χ0v) is 12.1. The van der Waals surface area contributed by atoms with Gasteiger partial charge in [-0.1, -0.05) is 13.8 Å². The van der Waals surface area contributed by atoms with E-state index < -0.39 is 0 Å². The zero-order valence-electron chi connectivity index (χ0n) is 12.1. The number of carbonyl (C=O) groups is 1. The summed E-state index contributed by atoms with van der Waals surface area (Å²) in [6, 6.07) is 0.173. The number of ether oxygens (including phenoxy) is 1. The van der Waals surface area contributed by atoms with E-state index in [1.807, 2.05) is 20.8 Å². The highest BCUT2D eigenvalue weighted by atomic mass is 16.5. The summed E-state index contributed by atoms with van der Waals surface area (Å²) < 4.78 is 5.16. The summed E-state index contributed by atoms with van der Waals surface area (Å²) in [4.78, 5) is 23.3. The van der Waals surface area contributed by atoms with Crippen LogP contribution in [0.2, 0.25) is 0 Å². The lowest BCUT2D eigenvalue weighted by atomic mass is 10.2. The monoisotopic (exact) mass is 282 g/mol. The Kier molecular flexibility index (Phi) is 6.48. The second-order valence-electron chi connectivity index (χ2n) is 4.61. The highest BCUT2D eigenvalue weighted by Crippen LogP contribution is 2.08. The van der Waals surface area contributed by atoms with Gasteiger partial charge in [0, 0.05) is 19.5 Å². The first-order chi connectivity index (χ1) is 9.51. The smallest absolute Gasteiger partial charge is 0.323 e. The van der Waals surface area contributed by atoms with Crippen molar-refractivity contribution in [1.82, 2.24) is 20.3 Å². The van der Waals surface area contributed by atoms with E-state index in [1.54, 1.807) is 0 Å². The lowest BCUT2D eigenvalue weighted by molar-refractivity contribution is -0.120. The third kappa shape index (κ3) is 6.17. The van der Waals surface area contributed by atoms with Gasteiger partial charge in [-0.15, -0.1) is 0 Å². The average molecular weight is 282 g/mol. The Bertz CT molecular complexity index is 438. The van der Waals surface area contributed by atoms with E-state index in [9.17, 15) is 4.79 Å². The molecule has 112 valence electrons. The van der Waals surface area contributed by atoms with Crippen LogP contribution in [0.5, 0.6) is 6.01 Å². The molecule has 0 unspecified atom stereocenters. The second kappa shape index (κ2) is 8.13. The number of hydrogen-bond acceptors (Lipinski definition) is 7. The molecule has 0 saturated carbocycles. The number of anilines is 2. The van der Waals surface area contributed by atoms with Crippen LogP contribution in [0.1, 0.15) is 27.2 Å². The van der Waals surface area contributed by atoms with Crippen LogP contribution >= 0.6 is 0 Å². The largest absolute Gasteiger partial charge is 0.464 e. The van der Waals surface area contributed by atoms with Gasteiger partial charge in [0.1, 0.15) is 0 Å². The minimum absolute atomic E-state index is 0.0155. The third-order valence-corrected chi connectivity index (χ3v) is 2.25. The summed E-state index contributed by atoms with van der Waals surface area (Å²) in [7, 11) is 0. The van der Waals surface area contributed by atoms with Crippen molar-refractivity contribution in [3.05, 3.63) is 0 Å². The molecular formula is C12H22N6O2. The topological polar surface area (TPSA) is 115 Å². The van der Waals surface area contributed by atoms with Gasteiger partial charge in [-0.3, -0.25) is 4.79 Å². The normalized spacial score (nSPS) is 10.4. The molecule has 4 N–H and O–H groups in total. The predicted octanol–water partition coefficient (Wildman–Crippen LogP) is 0.427. The molecule has 8 heteroatoms. The zero-order chi connectivity index (χ0) is 15.0.